The summed E-state index contributed by atoms with van der Waals surface area (Å²) in [6.45, 7) is 2.53. The van der Waals surface area contributed by atoms with Gasteiger partial charge in [0.05, 0.1) is 20.2 Å². The topological polar surface area (TPSA) is 35.5 Å². The quantitative estimate of drug-likeness (QED) is 0.302. The van der Waals surface area contributed by atoms with E-state index in [-0.39, 0.29) is 5.97 Å². The molecule has 0 radical (unpaired) electrons. The van der Waals surface area contributed by atoms with Crippen LogP contribution in [0.25, 0.3) is 6.08 Å². The van der Waals surface area contributed by atoms with Gasteiger partial charge in [-0.15, -0.1) is 0 Å². The molecule has 126 valence electrons. The number of hydrogen-bond donors (Lipinski definition) is 0. The van der Waals surface area contributed by atoms with Gasteiger partial charge in [-0.05, 0) is 71.0 Å². The van der Waals surface area contributed by atoms with E-state index < -0.39 is 0 Å². The summed E-state index contributed by atoms with van der Waals surface area (Å²) in [6, 6.07) is 11.1. The van der Waals surface area contributed by atoms with E-state index in [4.69, 9.17) is 32.7 Å². The number of ether oxygens (including phenoxy) is 2. The third-order valence-corrected chi connectivity index (χ3v) is 4.61. The van der Waals surface area contributed by atoms with E-state index in [2.05, 4.69) is 22.6 Å². The van der Waals surface area contributed by atoms with Gasteiger partial charge in [-0.3, -0.25) is 0 Å². The predicted octanol–water partition coefficient (Wildman–Crippen LogP) is 5.75. The second-order valence-electron chi connectivity index (χ2n) is 4.81. The first-order valence-corrected chi connectivity index (χ1v) is 9.04. The van der Waals surface area contributed by atoms with E-state index >= 15 is 0 Å². The minimum absolute atomic E-state index is 0.354. The number of hydrogen-bond acceptors (Lipinski definition) is 3. The summed E-state index contributed by atoms with van der Waals surface area (Å²) in [5.74, 6) is 0.405. The third-order valence-electron chi connectivity index (χ3n) is 3.03. The molecule has 0 amide bonds. The monoisotopic (exact) mass is 476 g/mol. The molecule has 0 aliphatic heterocycles. The van der Waals surface area contributed by atoms with Crippen LogP contribution in [0.2, 0.25) is 10.0 Å². The first-order valence-electron chi connectivity index (χ1n) is 7.20. The number of halogens is 3. The molecule has 2 aromatic rings. The molecule has 0 spiro atoms. The standard InChI is InChI=1S/C18H15Cl2IO3/c1-2-23-18(22)8-5-12-4-7-17(16(21)10-12)24-11-13-3-6-14(19)15(20)9-13/h3-10H,2,11H2,1H3/b8-5+. The highest BCUT2D eigenvalue weighted by Gasteiger charge is 2.05. The molecule has 0 aliphatic rings. The Kier molecular flexibility index (Phi) is 7.40. The maximum atomic E-state index is 11.3. The molecule has 0 aliphatic carbocycles. The smallest absolute Gasteiger partial charge is 0.330 e. The second-order valence-corrected chi connectivity index (χ2v) is 6.79. The molecule has 6 heteroatoms. The summed E-state index contributed by atoms with van der Waals surface area (Å²) in [6.07, 6.45) is 3.12. The highest BCUT2D eigenvalue weighted by Crippen LogP contribution is 2.26. The van der Waals surface area contributed by atoms with Crippen LogP contribution in [0, 0.1) is 3.57 Å². The van der Waals surface area contributed by atoms with E-state index in [1.54, 1.807) is 25.1 Å². The van der Waals surface area contributed by atoms with E-state index in [1.165, 1.54) is 6.08 Å². The van der Waals surface area contributed by atoms with Crippen LogP contribution in [-0.4, -0.2) is 12.6 Å². The van der Waals surface area contributed by atoms with Crippen molar-refractivity contribution >= 4 is 57.8 Å². The Bertz CT molecular complexity index is 760. The summed E-state index contributed by atoms with van der Waals surface area (Å²) in [5, 5.41) is 1.03. The number of esters is 1. The SMILES string of the molecule is CCOC(=O)/C=C/c1ccc(OCc2ccc(Cl)c(Cl)c2)c(I)c1. The van der Waals surface area contributed by atoms with E-state index in [0.717, 1.165) is 20.4 Å². The first kappa shape index (κ1) is 19.1. The molecule has 0 fully saturated rings. The molecular formula is C18H15Cl2IO3. The van der Waals surface area contributed by atoms with Crippen molar-refractivity contribution in [1.82, 2.24) is 0 Å². The molecule has 0 unspecified atom stereocenters. The van der Waals surface area contributed by atoms with Gasteiger partial charge >= 0.3 is 5.97 Å². The van der Waals surface area contributed by atoms with Crippen LogP contribution in [0.5, 0.6) is 5.75 Å². The number of carbonyl (C=O) groups is 1. The van der Waals surface area contributed by atoms with E-state index in [1.807, 2.05) is 24.3 Å². The Labute approximate surface area is 164 Å². The largest absolute Gasteiger partial charge is 0.488 e. The van der Waals surface area contributed by atoms with Gasteiger partial charge in [0, 0.05) is 6.08 Å². The van der Waals surface area contributed by atoms with Gasteiger partial charge in [-0.1, -0.05) is 35.3 Å². The Hall–Kier alpha value is -1.24. The van der Waals surface area contributed by atoms with Crippen molar-refractivity contribution in [3.05, 3.63) is 67.2 Å². The maximum absolute atomic E-state index is 11.3. The predicted molar refractivity (Wildman–Crippen MR) is 106 cm³/mol. The zero-order valence-corrected chi connectivity index (χ0v) is 16.6. The zero-order chi connectivity index (χ0) is 17.5. The maximum Gasteiger partial charge on any atom is 0.330 e. The zero-order valence-electron chi connectivity index (χ0n) is 12.9. The van der Waals surface area contributed by atoms with Crippen LogP contribution < -0.4 is 4.74 Å². The van der Waals surface area contributed by atoms with Gasteiger partial charge in [0.2, 0.25) is 0 Å². The Morgan fingerprint density at radius 2 is 1.96 bits per heavy atom. The van der Waals surface area contributed by atoms with Gasteiger partial charge < -0.3 is 9.47 Å². The summed E-state index contributed by atoms with van der Waals surface area (Å²) in [7, 11) is 0. The molecule has 0 heterocycles. The van der Waals surface area contributed by atoms with Crippen molar-refractivity contribution in [1.29, 1.82) is 0 Å². The van der Waals surface area contributed by atoms with Gasteiger partial charge in [0.1, 0.15) is 12.4 Å². The normalized spacial score (nSPS) is 10.8. The van der Waals surface area contributed by atoms with Crippen molar-refractivity contribution in [3.8, 4) is 5.75 Å². The van der Waals surface area contributed by atoms with Crippen molar-refractivity contribution < 1.29 is 14.3 Å². The number of benzene rings is 2. The molecule has 0 bridgehead atoms. The van der Waals surface area contributed by atoms with Crippen LogP contribution in [-0.2, 0) is 16.1 Å². The van der Waals surface area contributed by atoms with Gasteiger partial charge in [-0.2, -0.15) is 0 Å². The Morgan fingerprint density at radius 3 is 2.62 bits per heavy atom. The Morgan fingerprint density at radius 1 is 1.17 bits per heavy atom. The fraction of sp³-hybridized carbons (Fsp3) is 0.167. The molecular weight excluding hydrogens is 462 g/mol. The lowest BCUT2D eigenvalue weighted by atomic mass is 10.2. The lowest BCUT2D eigenvalue weighted by Crippen LogP contribution is -1.99. The highest BCUT2D eigenvalue weighted by atomic mass is 127. The molecule has 2 aromatic carbocycles. The van der Waals surface area contributed by atoms with E-state index in [9.17, 15) is 4.79 Å². The molecule has 0 aromatic heterocycles. The van der Waals surface area contributed by atoms with Crippen LogP contribution in [0.4, 0.5) is 0 Å². The molecule has 0 saturated carbocycles. The van der Waals surface area contributed by atoms with Gasteiger partial charge in [-0.25, -0.2) is 4.79 Å². The van der Waals surface area contributed by atoms with Crippen molar-refractivity contribution in [2.24, 2.45) is 0 Å². The van der Waals surface area contributed by atoms with Crippen molar-refractivity contribution in [2.45, 2.75) is 13.5 Å². The molecule has 2 rings (SSSR count). The molecule has 0 N–H and O–H groups in total. The van der Waals surface area contributed by atoms with Crippen molar-refractivity contribution in [2.75, 3.05) is 6.61 Å². The second kappa shape index (κ2) is 9.30. The summed E-state index contributed by atoms with van der Waals surface area (Å²) >= 11 is 14.1. The summed E-state index contributed by atoms with van der Waals surface area (Å²) < 4.78 is 11.6. The molecule has 24 heavy (non-hydrogen) atoms. The van der Waals surface area contributed by atoms with E-state index in [0.29, 0.717) is 23.3 Å². The van der Waals surface area contributed by atoms with Crippen LogP contribution in [0.3, 0.4) is 0 Å². The third kappa shape index (κ3) is 5.69. The van der Waals surface area contributed by atoms with Crippen LogP contribution >= 0.6 is 45.8 Å². The average Bonchev–Trinajstić information content (AvgIpc) is 2.55. The lowest BCUT2D eigenvalue weighted by molar-refractivity contribution is -0.137. The fourth-order valence-corrected chi connectivity index (χ4v) is 2.90. The minimum Gasteiger partial charge on any atom is -0.488 e. The average molecular weight is 477 g/mol. The van der Waals surface area contributed by atoms with Crippen molar-refractivity contribution in [3.63, 3.8) is 0 Å². The number of rotatable bonds is 6. The minimum atomic E-state index is -0.354. The van der Waals surface area contributed by atoms with Crippen LogP contribution in [0.1, 0.15) is 18.1 Å². The van der Waals surface area contributed by atoms with Gasteiger partial charge in [0.25, 0.3) is 0 Å². The lowest BCUT2D eigenvalue weighted by Gasteiger charge is -2.09. The number of carbonyl (C=O) groups excluding carboxylic acids is 1. The summed E-state index contributed by atoms with van der Waals surface area (Å²) in [5.41, 5.74) is 1.83. The summed E-state index contributed by atoms with van der Waals surface area (Å²) in [4.78, 5) is 11.3. The Balaban J connectivity index is 2.01. The van der Waals surface area contributed by atoms with Gasteiger partial charge in [0.15, 0.2) is 0 Å². The molecule has 0 atom stereocenters. The van der Waals surface area contributed by atoms with Crippen LogP contribution in [0.15, 0.2) is 42.5 Å². The molecule has 3 nitrogen and oxygen atoms in total. The first-order chi connectivity index (χ1) is 11.5. The fourth-order valence-electron chi connectivity index (χ4n) is 1.88. The molecule has 0 saturated heterocycles. The highest BCUT2D eigenvalue weighted by molar-refractivity contribution is 14.1.